The summed E-state index contributed by atoms with van der Waals surface area (Å²) in [6.07, 6.45) is -0.603. The first-order chi connectivity index (χ1) is 15.3. The Morgan fingerprint density at radius 2 is 1.39 bits per heavy atom. The Bertz CT molecular complexity index is 870. The summed E-state index contributed by atoms with van der Waals surface area (Å²) in [6.45, 7) is 4.60. The summed E-state index contributed by atoms with van der Waals surface area (Å²) in [5.74, 6) is -4.93. The molecule has 4 atom stereocenters. The number of hydrogen-bond acceptors (Lipinski definition) is 7. The quantitative estimate of drug-likeness (QED) is 0.189. The van der Waals surface area contributed by atoms with Gasteiger partial charge in [0.25, 0.3) is 0 Å². The van der Waals surface area contributed by atoms with Crippen molar-refractivity contribution in [2.45, 2.75) is 57.8 Å². The molecular formula is C21H31N5O7. The number of carbonyl (C=O) groups is 5. The lowest BCUT2D eigenvalue weighted by Gasteiger charge is -2.25. The number of nitrogens with one attached hydrogen (secondary N) is 3. The van der Waals surface area contributed by atoms with Crippen molar-refractivity contribution in [3.8, 4) is 5.75 Å². The maximum absolute atomic E-state index is 12.9. The SMILES string of the molecule is CC(N)C(=O)NC(CC(N)=O)C(=O)NC(Cc1ccc(O)cc1)C(=O)NC(C(=O)O)C(C)C. The molecule has 12 heteroatoms. The van der Waals surface area contributed by atoms with Crippen molar-refractivity contribution in [2.24, 2.45) is 17.4 Å². The molecule has 0 aliphatic heterocycles. The Morgan fingerprint density at radius 1 is 0.879 bits per heavy atom. The second-order valence-corrected chi connectivity index (χ2v) is 8.02. The standard InChI is InChI=1S/C21H31N5O7/c1-10(2)17(21(32)33)26-20(31)14(8-12-4-6-13(27)7-5-12)25-19(30)15(9-16(23)28)24-18(29)11(3)22/h4-7,10-11,14-15,17,27H,8-9,22H2,1-3H3,(H2,23,28)(H,24,29)(H,25,30)(H,26,31)(H,32,33). The number of nitrogens with two attached hydrogens (primary N) is 2. The van der Waals surface area contributed by atoms with Crippen LogP contribution in [0, 0.1) is 5.92 Å². The first-order valence-corrected chi connectivity index (χ1v) is 10.3. The van der Waals surface area contributed by atoms with Crippen molar-refractivity contribution >= 4 is 29.6 Å². The molecule has 0 fully saturated rings. The largest absolute Gasteiger partial charge is 0.508 e. The molecule has 0 radical (unpaired) electrons. The van der Waals surface area contributed by atoms with E-state index in [-0.39, 0.29) is 12.2 Å². The van der Waals surface area contributed by atoms with Gasteiger partial charge in [-0.15, -0.1) is 0 Å². The van der Waals surface area contributed by atoms with Crippen molar-refractivity contribution in [3.05, 3.63) is 29.8 Å². The van der Waals surface area contributed by atoms with E-state index in [4.69, 9.17) is 11.5 Å². The fraction of sp³-hybridized carbons (Fsp3) is 0.476. The topological polar surface area (TPSA) is 214 Å². The van der Waals surface area contributed by atoms with E-state index in [0.717, 1.165) is 0 Å². The van der Waals surface area contributed by atoms with Crippen molar-refractivity contribution in [1.29, 1.82) is 0 Å². The average Bonchev–Trinajstić information content (AvgIpc) is 2.71. The average molecular weight is 466 g/mol. The van der Waals surface area contributed by atoms with Crippen molar-refractivity contribution < 1.29 is 34.2 Å². The van der Waals surface area contributed by atoms with Gasteiger partial charge in [-0.25, -0.2) is 4.79 Å². The van der Waals surface area contributed by atoms with Crippen LogP contribution in [0.4, 0.5) is 0 Å². The zero-order chi connectivity index (χ0) is 25.3. The highest BCUT2D eigenvalue weighted by Crippen LogP contribution is 2.12. The lowest BCUT2D eigenvalue weighted by Crippen LogP contribution is -2.58. The molecule has 0 aromatic heterocycles. The number of aliphatic carboxylic acids is 1. The van der Waals surface area contributed by atoms with Crippen LogP contribution >= 0.6 is 0 Å². The van der Waals surface area contributed by atoms with Crippen LogP contribution in [-0.2, 0) is 30.4 Å². The number of amides is 4. The van der Waals surface area contributed by atoms with Gasteiger partial charge in [-0.05, 0) is 30.5 Å². The number of hydrogen-bond donors (Lipinski definition) is 7. The zero-order valence-corrected chi connectivity index (χ0v) is 18.7. The summed E-state index contributed by atoms with van der Waals surface area (Å²) in [5, 5.41) is 26.0. The number of rotatable bonds is 12. The van der Waals surface area contributed by atoms with Crippen LogP contribution in [0.3, 0.4) is 0 Å². The van der Waals surface area contributed by atoms with Crippen molar-refractivity contribution in [2.75, 3.05) is 0 Å². The van der Waals surface area contributed by atoms with Crippen LogP contribution < -0.4 is 27.4 Å². The summed E-state index contributed by atoms with van der Waals surface area (Å²) in [4.78, 5) is 60.6. The molecule has 33 heavy (non-hydrogen) atoms. The number of phenols is 1. The molecule has 12 nitrogen and oxygen atoms in total. The highest BCUT2D eigenvalue weighted by atomic mass is 16.4. The van der Waals surface area contributed by atoms with Crippen LogP contribution in [-0.4, -0.2) is 64.0 Å². The predicted molar refractivity (Wildman–Crippen MR) is 118 cm³/mol. The highest BCUT2D eigenvalue weighted by molar-refractivity contribution is 5.96. The molecule has 1 aromatic rings. The van der Waals surface area contributed by atoms with Crippen molar-refractivity contribution in [1.82, 2.24) is 16.0 Å². The molecule has 0 aliphatic carbocycles. The maximum atomic E-state index is 12.9. The second-order valence-electron chi connectivity index (χ2n) is 8.02. The number of benzene rings is 1. The maximum Gasteiger partial charge on any atom is 0.326 e. The van der Waals surface area contributed by atoms with E-state index in [0.29, 0.717) is 5.56 Å². The minimum absolute atomic E-state index is 0.00493. The summed E-state index contributed by atoms with van der Waals surface area (Å²) < 4.78 is 0. The predicted octanol–water partition coefficient (Wildman–Crippen LogP) is -1.65. The van der Waals surface area contributed by atoms with E-state index in [1.165, 1.54) is 31.2 Å². The lowest BCUT2D eigenvalue weighted by atomic mass is 10.0. The first kappa shape index (κ1) is 27.4. The number of aromatic hydroxyl groups is 1. The van der Waals surface area contributed by atoms with E-state index < -0.39 is 66.1 Å². The van der Waals surface area contributed by atoms with Gasteiger partial charge in [-0.1, -0.05) is 26.0 Å². The molecule has 1 rings (SSSR count). The van der Waals surface area contributed by atoms with Gasteiger partial charge in [0, 0.05) is 6.42 Å². The van der Waals surface area contributed by atoms with Crippen molar-refractivity contribution in [3.63, 3.8) is 0 Å². The number of carboxylic acids is 1. The van der Waals surface area contributed by atoms with Gasteiger partial charge in [-0.2, -0.15) is 0 Å². The van der Waals surface area contributed by atoms with E-state index >= 15 is 0 Å². The molecule has 4 amide bonds. The van der Waals surface area contributed by atoms with E-state index in [1.807, 2.05) is 0 Å². The third-order valence-electron chi connectivity index (χ3n) is 4.69. The molecule has 0 saturated heterocycles. The zero-order valence-electron chi connectivity index (χ0n) is 18.7. The van der Waals surface area contributed by atoms with Gasteiger partial charge < -0.3 is 37.6 Å². The number of carboxylic acid groups (broad SMARTS) is 1. The Hall–Kier alpha value is -3.67. The summed E-state index contributed by atoms with van der Waals surface area (Å²) in [7, 11) is 0. The second kappa shape index (κ2) is 12.4. The smallest absolute Gasteiger partial charge is 0.326 e. The Kier molecular flexibility index (Phi) is 10.3. The van der Waals surface area contributed by atoms with Crippen LogP contribution in [0.2, 0.25) is 0 Å². The van der Waals surface area contributed by atoms with Gasteiger partial charge in [0.1, 0.15) is 23.9 Å². The van der Waals surface area contributed by atoms with E-state index in [9.17, 15) is 34.2 Å². The number of carbonyl (C=O) groups excluding carboxylic acids is 4. The molecule has 0 heterocycles. The Morgan fingerprint density at radius 3 is 1.85 bits per heavy atom. The fourth-order valence-electron chi connectivity index (χ4n) is 2.83. The third-order valence-corrected chi connectivity index (χ3v) is 4.69. The molecule has 182 valence electrons. The fourth-order valence-corrected chi connectivity index (χ4v) is 2.83. The Labute approximate surface area is 191 Å². The van der Waals surface area contributed by atoms with E-state index in [1.54, 1.807) is 13.8 Å². The normalized spacial score (nSPS) is 14.5. The minimum Gasteiger partial charge on any atom is -0.508 e. The van der Waals surface area contributed by atoms with Gasteiger partial charge >= 0.3 is 5.97 Å². The molecule has 9 N–H and O–H groups in total. The molecular weight excluding hydrogens is 434 g/mol. The van der Waals surface area contributed by atoms with Gasteiger partial charge in [-0.3, -0.25) is 19.2 Å². The van der Waals surface area contributed by atoms with Crippen LogP contribution in [0.15, 0.2) is 24.3 Å². The van der Waals surface area contributed by atoms with E-state index in [2.05, 4.69) is 16.0 Å². The molecule has 4 unspecified atom stereocenters. The van der Waals surface area contributed by atoms with Crippen LogP contribution in [0.25, 0.3) is 0 Å². The molecule has 0 bridgehead atoms. The molecule has 0 spiro atoms. The first-order valence-electron chi connectivity index (χ1n) is 10.3. The highest BCUT2D eigenvalue weighted by Gasteiger charge is 2.31. The number of phenolic OH excluding ortho intramolecular Hbond substituents is 1. The van der Waals surface area contributed by atoms with Gasteiger partial charge in [0.2, 0.25) is 23.6 Å². The van der Waals surface area contributed by atoms with Crippen LogP contribution in [0.5, 0.6) is 5.75 Å². The summed E-state index contributed by atoms with van der Waals surface area (Å²) in [5.41, 5.74) is 11.2. The molecule has 0 aliphatic rings. The molecule has 1 aromatic carbocycles. The van der Waals surface area contributed by atoms with Gasteiger partial charge in [0.15, 0.2) is 0 Å². The van der Waals surface area contributed by atoms with Gasteiger partial charge in [0.05, 0.1) is 12.5 Å². The number of primary amides is 1. The monoisotopic (exact) mass is 465 g/mol. The van der Waals surface area contributed by atoms with Crippen LogP contribution in [0.1, 0.15) is 32.8 Å². The summed E-state index contributed by atoms with van der Waals surface area (Å²) in [6, 6.07) is 0.997. The Balaban J connectivity index is 3.16. The molecule has 0 saturated carbocycles. The third kappa shape index (κ3) is 9.15. The minimum atomic E-state index is -1.39. The summed E-state index contributed by atoms with van der Waals surface area (Å²) >= 11 is 0. The lowest BCUT2D eigenvalue weighted by molar-refractivity contribution is -0.143.